The van der Waals surface area contributed by atoms with Crippen LogP contribution in [0.5, 0.6) is 17.2 Å². The number of amides is 1. The number of hydrogen-bond donors (Lipinski definition) is 2. The summed E-state index contributed by atoms with van der Waals surface area (Å²) in [6, 6.07) is 22.4. The van der Waals surface area contributed by atoms with Crippen LogP contribution in [0.4, 0.5) is 0 Å². The quantitative estimate of drug-likeness (QED) is 0.450. The summed E-state index contributed by atoms with van der Waals surface area (Å²) in [6.07, 6.45) is 1.36. The molecule has 0 aliphatic carbocycles. The molecule has 0 spiro atoms. The summed E-state index contributed by atoms with van der Waals surface area (Å²) < 4.78 is 10.8. The molecule has 2 N–H and O–H groups in total. The zero-order chi connectivity index (χ0) is 20.5. The van der Waals surface area contributed by atoms with E-state index in [1.807, 2.05) is 61.5 Å². The van der Waals surface area contributed by atoms with Crippen molar-refractivity contribution in [2.75, 3.05) is 13.2 Å². The van der Waals surface area contributed by atoms with E-state index < -0.39 is 5.91 Å². The van der Waals surface area contributed by atoms with Crippen LogP contribution in [0.15, 0.2) is 77.9 Å². The molecule has 3 rings (SSSR count). The molecule has 6 heteroatoms. The van der Waals surface area contributed by atoms with Gasteiger partial charge in [0.05, 0.1) is 12.8 Å². The molecule has 1 amide bonds. The lowest BCUT2D eigenvalue weighted by Crippen LogP contribution is -2.24. The molecule has 0 unspecified atom stereocenters. The van der Waals surface area contributed by atoms with Crippen molar-refractivity contribution in [3.05, 3.63) is 78.4 Å². The van der Waals surface area contributed by atoms with Gasteiger partial charge < -0.3 is 14.6 Å². The molecule has 0 aliphatic rings. The van der Waals surface area contributed by atoms with E-state index in [0.717, 1.165) is 11.1 Å². The molecule has 0 atom stereocenters. The molecule has 0 bridgehead atoms. The number of rotatable bonds is 8. The fraction of sp³-hybridized carbons (Fsp3) is 0.130. The van der Waals surface area contributed by atoms with Crippen LogP contribution in [0.2, 0.25) is 0 Å². The Balaban J connectivity index is 1.48. The van der Waals surface area contributed by atoms with Crippen LogP contribution in [0.1, 0.15) is 12.5 Å². The van der Waals surface area contributed by atoms with Gasteiger partial charge in [0.2, 0.25) is 0 Å². The Kier molecular flexibility index (Phi) is 6.84. The second-order valence-electron chi connectivity index (χ2n) is 6.13. The topological polar surface area (TPSA) is 80.2 Å². The average molecular weight is 390 g/mol. The highest BCUT2D eigenvalue weighted by Gasteiger charge is 2.04. The number of nitrogens with zero attached hydrogens (tertiary/aromatic N) is 1. The minimum Gasteiger partial charge on any atom is -0.507 e. The third-order valence-electron chi connectivity index (χ3n) is 4.04. The summed E-state index contributed by atoms with van der Waals surface area (Å²) in [5, 5.41) is 13.8. The van der Waals surface area contributed by atoms with E-state index >= 15 is 0 Å². The predicted octanol–water partition coefficient (Wildman–Crippen LogP) is 3.99. The number of hydrazone groups is 1. The van der Waals surface area contributed by atoms with Gasteiger partial charge in [0.1, 0.15) is 17.2 Å². The number of aromatic hydroxyl groups is 1. The minimum atomic E-state index is -0.404. The molecule has 0 radical (unpaired) electrons. The van der Waals surface area contributed by atoms with Gasteiger partial charge in [0.15, 0.2) is 6.61 Å². The number of carbonyl (C=O) groups excluding carboxylic acids is 1. The van der Waals surface area contributed by atoms with Gasteiger partial charge in [-0.25, -0.2) is 5.43 Å². The number of benzene rings is 3. The van der Waals surface area contributed by atoms with Crippen LogP contribution in [0.25, 0.3) is 11.1 Å². The van der Waals surface area contributed by atoms with Crippen molar-refractivity contribution in [2.45, 2.75) is 6.92 Å². The maximum Gasteiger partial charge on any atom is 0.277 e. The first-order chi connectivity index (χ1) is 14.2. The number of carbonyl (C=O) groups is 1. The Morgan fingerprint density at radius 1 is 0.966 bits per heavy atom. The zero-order valence-corrected chi connectivity index (χ0v) is 16.0. The molecule has 148 valence electrons. The van der Waals surface area contributed by atoms with Crippen molar-refractivity contribution in [1.29, 1.82) is 0 Å². The van der Waals surface area contributed by atoms with E-state index in [1.54, 1.807) is 12.1 Å². The lowest BCUT2D eigenvalue weighted by molar-refractivity contribution is -0.123. The Bertz CT molecular complexity index is 970. The van der Waals surface area contributed by atoms with Crippen LogP contribution in [-0.2, 0) is 4.79 Å². The van der Waals surface area contributed by atoms with Gasteiger partial charge in [-0.05, 0) is 42.3 Å². The highest BCUT2D eigenvalue weighted by molar-refractivity contribution is 5.85. The molecule has 0 aliphatic heterocycles. The van der Waals surface area contributed by atoms with Gasteiger partial charge in [0, 0.05) is 11.6 Å². The summed E-state index contributed by atoms with van der Waals surface area (Å²) in [7, 11) is 0. The first-order valence-corrected chi connectivity index (χ1v) is 9.21. The molecular formula is C23H22N2O4. The maximum absolute atomic E-state index is 11.9. The zero-order valence-electron chi connectivity index (χ0n) is 16.0. The van der Waals surface area contributed by atoms with Gasteiger partial charge in [-0.3, -0.25) is 4.79 Å². The first-order valence-electron chi connectivity index (χ1n) is 9.21. The van der Waals surface area contributed by atoms with Crippen LogP contribution in [-0.4, -0.2) is 30.4 Å². The molecular weight excluding hydrogens is 368 g/mol. The largest absolute Gasteiger partial charge is 0.507 e. The van der Waals surface area contributed by atoms with Crippen molar-refractivity contribution in [3.8, 4) is 28.4 Å². The van der Waals surface area contributed by atoms with E-state index in [-0.39, 0.29) is 12.4 Å². The maximum atomic E-state index is 11.9. The van der Waals surface area contributed by atoms with E-state index in [2.05, 4.69) is 10.5 Å². The fourth-order valence-electron chi connectivity index (χ4n) is 2.62. The highest BCUT2D eigenvalue weighted by Crippen LogP contribution is 2.23. The molecule has 3 aromatic carbocycles. The lowest BCUT2D eigenvalue weighted by atomic mass is 10.1. The molecule has 0 fully saturated rings. The summed E-state index contributed by atoms with van der Waals surface area (Å²) in [4.78, 5) is 11.9. The second-order valence-corrected chi connectivity index (χ2v) is 6.13. The predicted molar refractivity (Wildman–Crippen MR) is 112 cm³/mol. The van der Waals surface area contributed by atoms with Crippen molar-refractivity contribution >= 4 is 12.1 Å². The van der Waals surface area contributed by atoms with Crippen molar-refractivity contribution in [2.24, 2.45) is 5.10 Å². The first kappa shape index (κ1) is 19.9. The van der Waals surface area contributed by atoms with Gasteiger partial charge in [-0.1, -0.05) is 42.5 Å². The van der Waals surface area contributed by atoms with Crippen LogP contribution >= 0.6 is 0 Å². The number of nitrogens with one attached hydrogen (secondary N) is 1. The molecule has 3 aromatic rings. The standard InChI is InChI=1S/C23H22N2O4/c1-2-28-21-13-10-19(22(26)14-21)15-24-25-23(27)16-29-20-11-8-18(9-12-20)17-6-4-3-5-7-17/h3-15,26H,2,16H2,1H3,(H,25,27)/b24-15+. The summed E-state index contributed by atoms with van der Waals surface area (Å²) in [5.74, 6) is 0.772. The fourth-order valence-corrected chi connectivity index (χ4v) is 2.62. The smallest absolute Gasteiger partial charge is 0.277 e. The lowest BCUT2D eigenvalue weighted by Gasteiger charge is -2.07. The van der Waals surface area contributed by atoms with E-state index in [4.69, 9.17) is 9.47 Å². The monoisotopic (exact) mass is 390 g/mol. The number of phenolic OH excluding ortho intramolecular Hbond substituents is 1. The summed E-state index contributed by atoms with van der Waals surface area (Å²) in [6.45, 7) is 2.21. The third-order valence-corrected chi connectivity index (χ3v) is 4.04. The molecule has 0 saturated heterocycles. The second kappa shape index (κ2) is 9.94. The number of hydrogen-bond acceptors (Lipinski definition) is 5. The van der Waals surface area contributed by atoms with Crippen LogP contribution in [0.3, 0.4) is 0 Å². The normalized spacial score (nSPS) is 10.7. The van der Waals surface area contributed by atoms with Crippen molar-refractivity contribution in [1.82, 2.24) is 5.43 Å². The molecule has 29 heavy (non-hydrogen) atoms. The molecule has 0 saturated carbocycles. The Labute approximate surface area is 169 Å². The summed E-state index contributed by atoms with van der Waals surface area (Å²) in [5.41, 5.74) is 5.02. The minimum absolute atomic E-state index is 0.0173. The van der Waals surface area contributed by atoms with Crippen molar-refractivity contribution in [3.63, 3.8) is 0 Å². The van der Waals surface area contributed by atoms with Crippen LogP contribution < -0.4 is 14.9 Å². The van der Waals surface area contributed by atoms with E-state index in [9.17, 15) is 9.90 Å². The Hall–Kier alpha value is -3.80. The highest BCUT2D eigenvalue weighted by atomic mass is 16.5. The van der Waals surface area contributed by atoms with Gasteiger partial charge in [0.25, 0.3) is 5.91 Å². The Morgan fingerprint density at radius 3 is 2.34 bits per heavy atom. The number of ether oxygens (including phenoxy) is 2. The van der Waals surface area contributed by atoms with Gasteiger partial charge in [-0.15, -0.1) is 0 Å². The third kappa shape index (κ3) is 5.84. The average Bonchev–Trinajstić information content (AvgIpc) is 2.75. The van der Waals surface area contributed by atoms with Gasteiger partial charge >= 0.3 is 0 Å². The molecule has 0 heterocycles. The Morgan fingerprint density at radius 2 is 1.66 bits per heavy atom. The van der Waals surface area contributed by atoms with E-state index in [0.29, 0.717) is 23.7 Å². The summed E-state index contributed by atoms with van der Waals surface area (Å²) >= 11 is 0. The molecule has 6 nitrogen and oxygen atoms in total. The van der Waals surface area contributed by atoms with Crippen LogP contribution in [0, 0.1) is 0 Å². The van der Waals surface area contributed by atoms with Crippen molar-refractivity contribution < 1.29 is 19.4 Å². The number of phenols is 1. The van der Waals surface area contributed by atoms with Gasteiger partial charge in [-0.2, -0.15) is 5.10 Å². The van der Waals surface area contributed by atoms with E-state index in [1.165, 1.54) is 12.3 Å². The SMILES string of the molecule is CCOc1ccc(/C=N/NC(=O)COc2ccc(-c3ccccc3)cc2)c(O)c1. The molecule has 0 aromatic heterocycles.